The van der Waals surface area contributed by atoms with Gasteiger partial charge in [0, 0.05) is 9.99 Å². The van der Waals surface area contributed by atoms with Crippen LogP contribution in [0.2, 0.25) is 0 Å². The SMILES string of the molecule is CCOC(=O)CCc1cccc(I)c1C. The van der Waals surface area contributed by atoms with E-state index in [-0.39, 0.29) is 5.97 Å². The van der Waals surface area contributed by atoms with E-state index in [1.54, 1.807) is 0 Å². The molecule has 0 atom stereocenters. The standard InChI is InChI=1S/C12H15IO2/c1-3-15-12(14)8-7-10-5-4-6-11(13)9(10)2/h4-6H,3,7-8H2,1-2H3. The van der Waals surface area contributed by atoms with Gasteiger partial charge in [0.1, 0.15) is 0 Å². The maximum Gasteiger partial charge on any atom is 0.306 e. The summed E-state index contributed by atoms with van der Waals surface area (Å²) < 4.78 is 6.14. The molecule has 0 unspecified atom stereocenters. The molecule has 0 aliphatic carbocycles. The van der Waals surface area contributed by atoms with Crippen LogP contribution in [-0.2, 0) is 16.0 Å². The molecule has 0 aliphatic rings. The Balaban J connectivity index is 2.58. The molecule has 1 aromatic rings. The second kappa shape index (κ2) is 6.10. The van der Waals surface area contributed by atoms with Gasteiger partial charge in [0.25, 0.3) is 0 Å². The summed E-state index contributed by atoms with van der Waals surface area (Å²) in [7, 11) is 0. The number of carbonyl (C=O) groups excluding carboxylic acids is 1. The molecular weight excluding hydrogens is 303 g/mol. The Morgan fingerprint density at radius 2 is 2.20 bits per heavy atom. The van der Waals surface area contributed by atoms with Crippen molar-refractivity contribution in [2.45, 2.75) is 26.7 Å². The fraction of sp³-hybridized carbons (Fsp3) is 0.417. The van der Waals surface area contributed by atoms with Crippen molar-refractivity contribution in [2.75, 3.05) is 6.61 Å². The second-order valence-corrected chi connectivity index (χ2v) is 4.49. The molecule has 0 N–H and O–H groups in total. The quantitative estimate of drug-likeness (QED) is 0.630. The zero-order valence-corrected chi connectivity index (χ0v) is 11.2. The molecule has 0 saturated heterocycles. The first kappa shape index (κ1) is 12.5. The second-order valence-electron chi connectivity index (χ2n) is 3.33. The monoisotopic (exact) mass is 318 g/mol. The first-order valence-corrected chi connectivity index (χ1v) is 6.12. The molecule has 0 aromatic heterocycles. The van der Waals surface area contributed by atoms with Gasteiger partial charge in [0.05, 0.1) is 6.61 Å². The molecule has 0 bridgehead atoms. The number of benzene rings is 1. The topological polar surface area (TPSA) is 26.3 Å². The Hall–Kier alpha value is -0.580. The number of carbonyl (C=O) groups is 1. The highest BCUT2D eigenvalue weighted by molar-refractivity contribution is 14.1. The van der Waals surface area contributed by atoms with E-state index in [0.717, 1.165) is 6.42 Å². The van der Waals surface area contributed by atoms with E-state index in [4.69, 9.17) is 4.74 Å². The summed E-state index contributed by atoms with van der Waals surface area (Å²) in [6.45, 7) is 4.38. The van der Waals surface area contributed by atoms with Gasteiger partial charge in [0.2, 0.25) is 0 Å². The van der Waals surface area contributed by atoms with Crippen molar-refractivity contribution in [1.29, 1.82) is 0 Å². The van der Waals surface area contributed by atoms with Crippen molar-refractivity contribution >= 4 is 28.6 Å². The summed E-state index contributed by atoms with van der Waals surface area (Å²) in [4.78, 5) is 11.2. The van der Waals surface area contributed by atoms with Crippen LogP contribution in [-0.4, -0.2) is 12.6 Å². The lowest BCUT2D eigenvalue weighted by Gasteiger charge is -2.07. The van der Waals surface area contributed by atoms with Gasteiger partial charge >= 0.3 is 5.97 Å². The highest BCUT2D eigenvalue weighted by Crippen LogP contribution is 2.17. The van der Waals surface area contributed by atoms with Crippen molar-refractivity contribution in [2.24, 2.45) is 0 Å². The Morgan fingerprint density at radius 1 is 1.47 bits per heavy atom. The van der Waals surface area contributed by atoms with Crippen LogP contribution < -0.4 is 0 Å². The number of hydrogen-bond donors (Lipinski definition) is 0. The van der Waals surface area contributed by atoms with Gasteiger partial charge in [-0.05, 0) is 60.1 Å². The summed E-state index contributed by atoms with van der Waals surface area (Å²) in [6.07, 6.45) is 1.23. The highest BCUT2D eigenvalue weighted by Gasteiger charge is 2.05. The van der Waals surface area contributed by atoms with E-state index < -0.39 is 0 Å². The molecule has 1 rings (SSSR count). The van der Waals surface area contributed by atoms with E-state index in [9.17, 15) is 4.79 Å². The molecule has 0 aliphatic heterocycles. The van der Waals surface area contributed by atoms with E-state index in [2.05, 4.69) is 41.6 Å². The van der Waals surface area contributed by atoms with E-state index in [1.807, 2.05) is 13.0 Å². The van der Waals surface area contributed by atoms with Crippen LogP contribution in [0.15, 0.2) is 18.2 Å². The highest BCUT2D eigenvalue weighted by atomic mass is 127. The van der Waals surface area contributed by atoms with Crippen LogP contribution in [0.25, 0.3) is 0 Å². The average molecular weight is 318 g/mol. The minimum absolute atomic E-state index is 0.115. The Kier molecular flexibility index (Phi) is 5.08. The Morgan fingerprint density at radius 3 is 2.87 bits per heavy atom. The number of hydrogen-bond acceptors (Lipinski definition) is 2. The van der Waals surface area contributed by atoms with Gasteiger partial charge in [0.15, 0.2) is 0 Å². The zero-order valence-electron chi connectivity index (χ0n) is 9.05. The molecule has 0 heterocycles. The van der Waals surface area contributed by atoms with Gasteiger partial charge in [-0.15, -0.1) is 0 Å². The predicted octanol–water partition coefficient (Wildman–Crippen LogP) is 3.10. The van der Waals surface area contributed by atoms with Crippen molar-refractivity contribution in [1.82, 2.24) is 0 Å². The molecule has 3 heteroatoms. The smallest absolute Gasteiger partial charge is 0.306 e. The van der Waals surface area contributed by atoms with Crippen LogP contribution in [0.4, 0.5) is 0 Å². The summed E-state index contributed by atoms with van der Waals surface area (Å²) >= 11 is 2.31. The van der Waals surface area contributed by atoms with Crippen molar-refractivity contribution in [3.8, 4) is 0 Å². The molecule has 2 nitrogen and oxygen atoms in total. The summed E-state index contributed by atoms with van der Waals surface area (Å²) in [6, 6.07) is 6.16. The molecule has 1 aromatic carbocycles. The van der Waals surface area contributed by atoms with Crippen molar-refractivity contribution in [3.63, 3.8) is 0 Å². The molecule has 82 valence electrons. The maximum atomic E-state index is 11.2. The van der Waals surface area contributed by atoms with E-state index >= 15 is 0 Å². The third kappa shape index (κ3) is 3.81. The maximum absolute atomic E-state index is 11.2. The molecule has 15 heavy (non-hydrogen) atoms. The minimum Gasteiger partial charge on any atom is -0.466 e. The lowest BCUT2D eigenvalue weighted by Crippen LogP contribution is -2.06. The van der Waals surface area contributed by atoms with Crippen LogP contribution in [0, 0.1) is 10.5 Å². The minimum atomic E-state index is -0.115. The molecular formula is C12H15IO2. The molecule has 0 saturated carbocycles. The number of aryl methyl sites for hydroxylation is 1. The van der Waals surface area contributed by atoms with Gasteiger partial charge in [-0.1, -0.05) is 12.1 Å². The average Bonchev–Trinajstić information content (AvgIpc) is 2.21. The largest absolute Gasteiger partial charge is 0.466 e. The van der Waals surface area contributed by atoms with Gasteiger partial charge in [-0.2, -0.15) is 0 Å². The van der Waals surface area contributed by atoms with Crippen LogP contribution in [0.3, 0.4) is 0 Å². The lowest BCUT2D eigenvalue weighted by molar-refractivity contribution is -0.143. The van der Waals surface area contributed by atoms with Crippen LogP contribution in [0.1, 0.15) is 24.5 Å². The van der Waals surface area contributed by atoms with Gasteiger partial charge in [-0.25, -0.2) is 0 Å². The van der Waals surface area contributed by atoms with E-state index in [1.165, 1.54) is 14.7 Å². The Bertz CT molecular complexity index is 347. The molecule has 0 fully saturated rings. The number of rotatable bonds is 4. The molecule has 0 spiro atoms. The first-order chi connectivity index (χ1) is 7.15. The van der Waals surface area contributed by atoms with Crippen molar-refractivity contribution in [3.05, 3.63) is 32.9 Å². The number of halogens is 1. The zero-order chi connectivity index (χ0) is 11.3. The summed E-state index contributed by atoms with van der Waals surface area (Å²) in [5.41, 5.74) is 2.50. The third-order valence-corrected chi connectivity index (χ3v) is 3.45. The third-order valence-electron chi connectivity index (χ3n) is 2.28. The number of ether oxygens (including phenoxy) is 1. The van der Waals surface area contributed by atoms with Crippen LogP contribution >= 0.6 is 22.6 Å². The van der Waals surface area contributed by atoms with Crippen LogP contribution in [0.5, 0.6) is 0 Å². The lowest BCUT2D eigenvalue weighted by atomic mass is 10.0. The fourth-order valence-electron chi connectivity index (χ4n) is 1.39. The first-order valence-electron chi connectivity index (χ1n) is 5.04. The Labute approximate surface area is 104 Å². The summed E-state index contributed by atoms with van der Waals surface area (Å²) in [5.74, 6) is -0.115. The van der Waals surface area contributed by atoms with E-state index in [0.29, 0.717) is 13.0 Å². The van der Waals surface area contributed by atoms with Gasteiger partial charge in [-0.3, -0.25) is 4.79 Å². The molecule has 0 amide bonds. The molecule has 0 radical (unpaired) electrons. The fourth-order valence-corrected chi connectivity index (χ4v) is 1.95. The summed E-state index contributed by atoms with van der Waals surface area (Å²) in [5, 5.41) is 0. The van der Waals surface area contributed by atoms with Crippen molar-refractivity contribution < 1.29 is 9.53 Å². The van der Waals surface area contributed by atoms with Gasteiger partial charge < -0.3 is 4.74 Å². The normalized spacial score (nSPS) is 10.1. The predicted molar refractivity (Wildman–Crippen MR) is 68.9 cm³/mol. The number of esters is 1.